The Morgan fingerprint density at radius 1 is 0.738 bits per heavy atom. The zero-order valence-electron chi connectivity index (χ0n) is 42.7. The molecule has 5 rings (SSSR count). The molecule has 0 saturated heterocycles. The number of para-hydroxylation sites is 2. The van der Waals surface area contributed by atoms with Gasteiger partial charge in [-0.2, -0.15) is 18.1 Å². The lowest BCUT2D eigenvalue weighted by molar-refractivity contribution is -0.758. The smallest absolute Gasteiger partial charge is 0.493 e. The van der Waals surface area contributed by atoms with Crippen LogP contribution in [0.4, 0.5) is 15.4 Å². The van der Waals surface area contributed by atoms with Crippen molar-refractivity contribution < 1.29 is 99.9 Å². The van der Waals surface area contributed by atoms with Crippen molar-refractivity contribution >= 4 is 34.1 Å². The zero-order chi connectivity index (χ0) is 58.0. The largest absolute Gasteiger partial charge is 0.510 e. The molecule has 0 radical (unpaired) electrons. The normalized spacial score (nSPS) is 11.7. The number of ether oxygens (including phenoxy) is 10. The van der Waals surface area contributed by atoms with Crippen molar-refractivity contribution in [1.82, 2.24) is 40.1 Å². The van der Waals surface area contributed by atoms with Crippen LogP contribution in [0.1, 0.15) is 38.5 Å². The number of pyridine rings is 2. The molecule has 5 aromatic rings. The van der Waals surface area contributed by atoms with Gasteiger partial charge in [-0.25, -0.2) is 23.9 Å². The Kier molecular flexibility index (Phi) is 23.7. The molecule has 4 heterocycles. The second kappa shape index (κ2) is 30.9. The molecule has 80 heavy (non-hydrogen) atoms. The van der Waals surface area contributed by atoms with Crippen molar-refractivity contribution in [3.05, 3.63) is 96.8 Å². The van der Waals surface area contributed by atoms with E-state index in [0.717, 1.165) is 11.6 Å². The molecule has 0 amide bonds. The first-order valence-corrected chi connectivity index (χ1v) is 24.7. The van der Waals surface area contributed by atoms with Crippen LogP contribution in [0, 0.1) is 37.3 Å². The number of nitrogens with zero attached hydrogens (tertiary/aromatic N) is 12. The van der Waals surface area contributed by atoms with Gasteiger partial charge in [-0.15, -0.1) is 35.4 Å². The van der Waals surface area contributed by atoms with Crippen LogP contribution in [-0.2, 0) is 62.5 Å². The third kappa shape index (κ3) is 19.1. The number of carbonyl (C=O) groups is 3. The standard InChI is InChI=1S/C43H50N12O24S/c1-28-11-12-35(45-27-28)80(65,66)52(30(3)78-43(58)73-21-17-69-19-25-76-55(63)64)40-37(79-34-9-6-5-8-33(34)67-4)41(71-23-22-70-36(56)10-7-15-74-53(59)60)47-38(46-40)31-13-14-44-32(26-31)39-48-49-50-51(39)29(2)77-42(57)72-20-16-68-18-24-75-54(61)62/h5-6,8-9,11-14,26-27,29-30H,7,10,15-25H2,1-4H3. The van der Waals surface area contributed by atoms with Gasteiger partial charge >= 0.3 is 18.3 Å². The van der Waals surface area contributed by atoms with Crippen molar-refractivity contribution in [1.29, 1.82) is 0 Å². The van der Waals surface area contributed by atoms with E-state index < -0.39 is 105 Å². The number of tetrazole rings is 1. The first kappa shape index (κ1) is 61.2. The third-order valence-corrected chi connectivity index (χ3v) is 11.5. The lowest BCUT2D eigenvalue weighted by Gasteiger charge is -2.30. The molecular formula is C43H50N12O24S. The molecular weight excluding hydrogens is 1100 g/mol. The number of rotatable bonds is 35. The number of esters is 1. The summed E-state index contributed by atoms with van der Waals surface area (Å²) in [6.07, 6.45) is -3.61. The molecule has 432 valence electrons. The van der Waals surface area contributed by atoms with E-state index >= 15 is 8.42 Å². The van der Waals surface area contributed by atoms with Crippen LogP contribution in [0.3, 0.4) is 0 Å². The number of hydrogen-bond donors (Lipinski definition) is 0. The Labute approximate surface area is 451 Å². The van der Waals surface area contributed by atoms with Gasteiger partial charge in [0.25, 0.3) is 31.2 Å². The fraction of sp³-hybridized carbons (Fsp3) is 0.442. The maximum Gasteiger partial charge on any atom is 0.510 e. The molecule has 36 nitrogen and oxygen atoms in total. The highest BCUT2D eigenvalue weighted by Crippen LogP contribution is 2.45. The maximum absolute atomic E-state index is 15.1. The van der Waals surface area contributed by atoms with E-state index in [1.165, 1.54) is 62.8 Å². The molecule has 37 heteroatoms. The first-order valence-electron chi connectivity index (χ1n) is 23.2. The van der Waals surface area contributed by atoms with Crippen molar-refractivity contribution in [2.45, 2.75) is 51.1 Å². The third-order valence-electron chi connectivity index (χ3n) is 9.71. The van der Waals surface area contributed by atoms with E-state index in [-0.39, 0.29) is 93.5 Å². The summed E-state index contributed by atoms with van der Waals surface area (Å²) in [7, 11) is -3.73. The Hall–Kier alpha value is -9.65. The van der Waals surface area contributed by atoms with Crippen LogP contribution in [0.5, 0.6) is 23.1 Å². The number of aromatic nitrogens is 8. The molecule has 0 spiro atoms. The number of methoxy groups -OCH3 is 1. The molecule has 2 unspecified atom stereocenters. The summed E-state index contributed by atoms with van der Waals surface area (Å²) >= 11 is 0. The fourth-order valence-electron chi connectivity index (χ4n) is 6.26. The van der Waals surface area contributed by atoms with Crippen molar-refractivity contribution in [2.75, 3.05) is 84.1 Å². The van der Waals surface area contributed by atoms with Crippen LogP contribution < -0.4 is 18.5 Å². The molecule has 0 fully saturated rings. The summed E-state index contributed by atoms with van der Waals surface area (Å²) in [5.41, 5.74) is 0.590. The molecule has 1 aromatic carbocycles. The lowest BCUT2D eigenvalue weighted by Crippen LogP contribution is -2.43. The average molecular weight is 1150 g/mol. The van der Waals surface area contributed by atoms with Crippen molar-refractivity contribution in [3.8, 4) is 46.0 Å². The Morgan fingerprint density at radius 3 is 2.00 bits per heavy atom. The Bertz CT molecular complexity index is 2990. The summed E-state index contributed by atoms with van der Waals surface area (Å²) in [6, 6.07) is 11.4. The predicted octanol–water partition coefficient (Wildman–Crippen LogP) is 3.42. The number of sulfonamides is 1. The minimum atomic E-state index is -5.05. The lowest BCUT2D eigenvalue weighted by atomic mass is 10.2. The Morgan fingerprint density at radius 2 is 1.36 bits per heavy atom. The van der Waals surface area contributed by atoms with Crippen LogP contribution in [0.25, 0.3) is 22.9 Å². The monoisotopic (exact) mass is 1150 g/mol. The minimum Gasteiger partial charge on any atom is -0.493 e. The van der Waals surface area contributed by atoms with Gasteiger partial charge in [-0.05, 0) is 73.5 Å². The summed E-state index contributed by atoms with van der Waals surface area (Å²) in [6.45, 7) is 0.393. The number of benzene rings is 1. The highest BCUT2D eigenvalue weighted by molar-refractivity contribution is 7.92. The van der Waals surface area contributed by atoms with Gasteiger partial charge < -0.3 is 61.9 Å². The average Bonchev–Trinajstić information content (AvgIpc) is 4.06. The number of anilines is 1. The molecule has 0 N–H and O–H groups in total. The quantitative estimate of drug-likeness (QED) is 0.0140. The van der Waals surface area contributed by atoms with E-state index in [9.17, 15) is 44.7 Å². The van der Waals surface area contributed by atoms with Gasteiger partial charge in [0.05, 0.1) is 40.1 Å². The summed E-state index contributed by atoms with van der Waals surface area (Å²) in [5.74, 6) is -2.99. The summed E-state index contributed by atoms with van der Waals surface area (Å²) in [5, 5.41) is 39.3. The second-order valence-corrected chi connectivity index (χ2v) is 17.1. The maximum atomic E-state index is 15.1. The molecule has 0 bridgehead atoms. The highest BCUT2D eigenvalue weighted by Gasteiger charge is 2.39. The van der Waals surface area contributed by atoms with Gasteiger partial charge in [0.1, 0.15) is 45.3 Å². The number of carbonyl (C=O) groups excluding carboxylic acids is 3. The first-order chi connectivity index (χ1) is 38.4. The summed E-state index contributed by atoms with van der Waals surface area (Å²) < 4.78 is 86.4. The van der Waals surface area contributed by atoms with E-state index in [4.69, 9.17) is 47.4 Å². The molecule has 0 aliphatic carbocycles. The van der Waals surface area contributed by atoms with E-state index in [1.807, 2.05) is 0 Å². The van der Waals surface area contributed by atoms with Crippen molar-refractivity contribution in [3.63, 3.8) is 0 Å². The van der Waals surface area contributed by atoms with Gasteiger partial charge in [0, 0.05) is 24.4 Å². The van der Waals surface area contributed by atoms with Crippen LogP contribution in [-0.4, -0.2) is 168 Å². The van der Waals surface area contributed by atoms with Gasteiger partial charge in [0.15, 0.2) is 40.6 Å². The van der Waals surface area contributed by atoms with Crippen LogP contribution in [0.2, 0.25) is 0 Å². The number of aryl methyl sites for hydroxylation is 1. The molecule has 0 aliphatic heterocycles. The Balaban J connectivity index is 1.59. The van der Waals surface area contributed by atoms with Gasteiger partial charge in [-0.3, -0.25) is 9.78 Å². The molecule has 2 atom stereocenters. The molecule has 4 aromatic heterocycles. The highest BCUT2D eigenvalue weighted by atomic mass is 32.2. The fourth-order valence-corrected chi connectivity index (χ4v) is 7.68. The second-order valence-electron chi connectivity index (χ2n) is 15.3. The molecule has 0 saturated carbocycles. The number of hydrogen-bond acceptors (Lipinski definition) is 31. The van der Waals surface area contributed by atoms with Crippen LogP contribution >= 0.6 is 0 Å². The summed E-state index contributed by atoms with van der Waals surface area (Å²) in [4.78, 5) is 100. The topological polar surface area (TPSA) is 433 Å². The van der Waals surface area contributed by atoms with E-state index in [2.05, 4.69) is 50.0 Å². The van der Waals surface area contributed by atoms with E-state index in [0.29, 0.717) is 9.87 Å². The zero-order valence-corrected chi connectivity index (χ0v) is 43.5. The van der Waals surface area contributed by atoms with Gasteiger partial charge in [0.2, 0.25) is 11.6 Å². The van der Waals surface area contributed by atoms with Gasteiger partial charge in [-0.1, -0.05) is 18.2 Å². The van der Waals surface area contributed by atoms with Crippen molar-refractivity contribution in [2.24, 2.45) is 0 Å². The van der Waals surface area contributed by atoms with E-state index in [1.54, 1.807) is 19.1 Å². The van der Waals surface area contributed by atoms with Crippen LogP contribution in [0.15, 0.2) is 66.0 Å². The molecule has 0 aliphatic rings. The SMILES string of the molecule is COc1ccccc1Oc1c(OCCOC(=O)CCCO[N+](=O)[O-])nc(-c2ccnc(-c3nnnn3C(C)OC(=O)OCCOCCO[N+](=O)[O-])c2)nc1N(C(C)OC(=O)OCCOCCO[N+](=O)[O-])S(=O)(=O)c1ccc(C)cn1. The minimum absolute atomic E-state index is 0.0128. The predicted molar refractivity (Wildman–Crippen MR) is 259 cm³/mol.